The first kappa shape index (κ1) is 25.3. The maximum atomic E-state index is 12.4. The maximum absolute atomic E-state index is 12.4. The number of hydrogen-bond donors (Lipinski definition) is 1. The van der Waals surface area contributed by atoms with Crippen LogP contribution in [-0.2, 0) is 25.6 Å². The fourth-order valence-corrected chi connectivity index (χ4v) is 3.43. The van der Waals surface area contributed by atoms with Crippen LogP contribution >= 0.6 is 0 Å². The van der Waals surface area contributed by atoms with E-state index in [4.69, 9.17) is 14.2 Å². The monoisotopic (exact) mass is 473 g/mol. The Hall–Kier alpha value is -4.35. The summed E-state index contributed by atoms with van der Waals surface area (Å²) in [5.41, 5.74) is 2.95. The van der Waals surface area contributed by atoms with Crippen molar-refractivity contribution in [2.45, 2.75) is 20.4 Å². The van der Waals surface area contributed by atoms with Crippen molar-refractivity contribution in [1.82, 2.24) is 4.57 Å². The van der Waals surface area contributed by atoms with Crippen LogP contribution in [0, 0.1) is 25.2 Å². The van der Waals surface area contributed by atoms with Crippen molar-refractivity contribution in [2.75, 3.05) is 25.6 Å². The van der Waals surface area contributed by atoms with Crippen molar-refractivity contribution in [3.8, 4) is 17.6 Å². The molecule has 0 bridgehead atoms. The van der Waals surface area contributed by atoms with Crippen LogP contribution in [0.25, 0.3) is 6.08 Å². The summed E-state index contributed by atoms with van der Waals surface area (Å²) in [6.45, 7) is 4.53. The average molecular weight is 474 g/mol. The lowest BCUT2D eigenvalue weighted by Gasteiger charge is -2.09. The molecule has 0 fully saturated rings. The van der Waals surface area contributed by atoms with Gasteiger partial charge in [0, 0.05) is 30.7 Å². The van der Waals surface area contributed by atoms with Gasteiger partial charge < -0.3 is 24.1 Å². The molecular formula is C27H27N3O5. The van der Waals surface area contributed by atoms with Crippen LogP contribution in [0.4, 0.5) is 5.69 Å². The molecule has 0 radical (unpaired) electrons. The third-order valence-corrected chi connectivity index (χ3v) is 5.22. The van der Waals surface area contributed by atoms with E-state index in [1.165, 1.54) is 6.08 Å². The summed E-state index contributed by atoms with van der Waals surface area (Å²) in [7, 11) is 1.63. The zero-order chi connectivity index (χ0) is 25.2. The molecule has 0 aliphatic heterocycles. The SMILES string of the molecule is COCCn1c(C)cc(/C=C(\C#N)C(=O)OCC(=O)Nc2ccc(Oc3ccccc3)cc2)c1C. The van der Waals surface area contributed by atoms with Crippen LogP contribution in [0.5, 0.6) is 11.5 Å². The van der Waals surface area contributed by atoms with Gasteiger partial charge in [0.15, 0.2) is 6.61 Å². The Morgan fingerprint density at radius 2 is 1.74 bits per heavy atom. The third-order valence-electron chi connectivity index (χ3n) is 5.22. The zero-order valence-electron chi connectivity index (χ0n) is 19.9. The molecule has 8 heteroatoms. The first-order valence-electron chi connectivity index (χ1n) is 11.0. The van der Waals surface area contributed by atoms with E-state index >= 15 is 0 Å². The predicted octanol–water partition coefficient (Wildman–Crippen LogP) is 4.63. The fraction of sp³-hybridized carbons (Fsp3) is 0.222. The molecule has 3 rings (SSSR count). The Morgan fingerprint density at radius 3 is 2.40 bits per heavy atom. The summed E-state index contributed by atoms with van der Waals surface area (Å²) in [6.07, 6.45) is 1.47. The summed E-state index contributed by atoms with van der Waals surface area (Å²) in [4.78, 5) is 24.6. The van der Waals surface area contributed by atoms with Gasteiger partial charge in [-0.1, -0.05) is 18.2 Å². The van der Waals surface area contributed by atoms with E-state index < -0.39 is 18.5 Å². The van der Waals surface area contributed by atoms with Gasteiger partial charge in [-0.3, -0.25) is 4.79 Å². The minimum absolute atomic E-state index is 0.188. The Kier molecular flexibility index (Phi) is 8.82. The molecule has 8 nitrogen and oxygen atoms in total. The summed E-state index contributed by atoms with van der Waals surface area (Å²) in [5.74, 6) is -0.0680. The van der Waals surface area contributed by atoms with E-state index in [1.54, 1.807) is 31.4 Å². The van der Waals surface area contributed by atoms with E-state index in [1.807, 2.05) is 60.9 Å². The lowest BCUT2D eigenvalue weighted by atomic mass is 10.1. The number of amides is 1. The highest BCUT2D eigenvalue weighted by Crippen LogP contribution is 2.23. The van der Waals surface area contributed by atoms with Gasteiger partial charge in [-0.2, -0.15) is 5.26 Å². The summed E-state index contributed by atoms with van der Waals surface area (Å²) in [6, 6.07) is 19.9. The number of esters is 1. The van der Waals surface area contributed by atoms with Gasteiger partial charge in [0.2, 0.25) is 0 Å². The minimum Gasteiger partial charge on any atom is -0.457 e. The van der Waals surface area contributed by atoms with Crippen molar-refractivity contribution in [3.63, 3.8) is 0 Å². The number of hydrogen-bond acceptors (Lipinski definition) is 6. The number of ether oxygens (including phenoxy) is 3. The molecule has 1 aromatic heterocycles. The Morgan fingerprint density at radius 1 is 1.06 bits per heavy atom. The normalized spacial score (nSPS) is 11.0. The fourth-order valence-electron chi connectivity index (χ4n) is 3.43. The molecule has 2 aromatic carbocycles. The van der Waals surface area contributed by atoms with E-state index in [0.717, 1.165) is 17.0 Å². The van der Waals surface area contributed by atoms with Crippen molar-refractivity contribution < 1.29 is 23.8 Å². The molecule has 1 N–H and O–H groups in total. The van der Waals surface area contributed by atoms with Gasteiger partial charge in [-0.15, -0.1) is 0 Å². The number of methoxy groups -OCH3 is 1. The quantitative estimate of drug-likeness (QED) is 0.262. The predicted molar refractivity (Wildman–Crippen MR) is 132 cm³/mol. The highest BCUT2D eigenvalue weighted by Gasteiger charge is 2.16. The molecule has 0 aliphatic rings. The van der Waals surface area contributed by atoms with Crippen LogP contribution < -0.4 is 10.1 Å². The smallest absolute Gasteiger partial charge is 0.349 e. The second kappa shape index (κ2) is 12.2. The number of anilines is 1. The number of nitrogens with one attached hydrogen (secondary N) is 1. The molecule has 0 saturated heterocycles. The van der Waals surface area contributed by atoms with Crippen LogP contribution in [0.3, 0.4) is 0 Å². The van der Waals surface area contributed by atoms with Gasteiger partial charge in [-0.05, 0) is 68.0 Å². The molecule has 180 valence electrons. The number of carbonyl (C=O) groups is 2. The number of carbonyl (C=O) groups excluding carboxylic acids is 2. The Balaban J connectivity index is 1.55. The molecule has 0 saturated carbocycles. The zero-order valence-corrected chi connectivity index (χ0v) is 19.9. The molecule has 35 heavy (non-hydrogen) atoms. The standard InChI is InChI=1S/C27H27N3O5/c1-19-15-21(20(2)30(19)13-14-33-3)16-22(17-28)27(32)34-18-26(31)29-23-9-11-25(12-10-23)35-24-7-5-4-6-8-24/h4-12,15-16H,13-14,18H2,1-3H3,(H,29,31)/b22-16+. The molecule has 0 aliphatic carbocycles. The Bertz CT molecular complexity index is 1240. The van der Waals surface area contributed by atoms with E-state index in [9.17, 15) is 14.9 Å². The van der Waals surface area contributed by atoms with Crippen LogP contribution in [0.15, 0.2) is 66.2 Å². The van der Waals surface area contributed by atoms with Gasteiger partial charge >= 0.3 is 5.97 Å². The van der Waals surface area contributed by atoms with E-state index in [0.29, 0.717) is 30.3 Å². The van der Waals surface area contributed by atoms with Crippen molar-refractivity contribution in [3.05, 3.63) is 83.2 Å². The molecule has 1 amide bonds. The van der Waals surface area contributed by atoms with Crippen molar-refractivity contribution in [1.29, 1.82) is 5.26 Å². The second-order valence-corrected chi connectivity index (χ2v) is 7.70. The highest BCUT2D eigenvalue weighted by atomic mass is 16.5. The third kappa shape index (κ3) is 7.06. The second-order valence-electron chi connectivity index (χ2n) is 7.70. The molecule has 0 unspecified atom stereocenters. The van der Waals surface area contributed by atoms with Crippen molar-refractivity contribution in [2.24, 2.45) is 0 Å². The lowest BCUT2D eigenvalue weighted by Crippen LogP contribution is -2.21. The van der Waals surface area contributed by atoms with Crippen LogP contribution in [0.1, 0.15) is 17.0 Å². The van der Waals surface area contributed by atoms with Gasteiger partial charge in [0.25, 0.3) is 5.91 Å². The number of aryl methyl sites for hydroxylation is 1. The number of benzene rings is 2. The van der Waals surface area contributed by atoms with Gasteiger partial charge in [0.05, 0.1) is 6.61 Å². The van der Waals surface area contributed by atoms with E-state index in [-0.39, 0.29) is 5.57 Å². The summed E-state index contributed by atoms with van der Waals surface area (Å²) >= 11 is 0. The topological polar surface area (TPSA) is 103 Å². The average Bonchev–Trinajstić information content (AvgIpc) is 3.13. The first-order chi connectivity index (χ1) is 16.9. The molecule has 0 spiro atoms. The number of nitriles is 1. The maximum Gasteiger partial charge on any atom is 0.349 e. The number of nitrogens with zero attached hydrogens (tertiary/aromatic N) is 2. The Labute approximate surface area is 204 Å². The number of para-hydroxylation sites is 1. The summed E-state index contributed by atoms with van der Waals surface area (Å²) < 4.78 is 17.9. The molecule has 3 aromatic rings. The number of aromatic nitrogens is 1. The minimum atomic E-state index is -0.865. The van der Waals surface area contributed by atoms with Gasteiger partial charge in [-0.25, -0.2) is 4.79 Å². The number of rotatable bonds is 10. The van der Waals surface area contributed by atoms with Crippen LogP contribution in [-0.4, -0.2) is 36.8 Å². The molecular weight excluding hydrogens is 446 g/mol. The summed E-state index contributed by atoms with van der Waals surface area (Å²) in [5, 5.41) is 12.1. The largest absolute Gasteiger partial charge is 0.457 e. The van der Waals surface area contributed by atoms with Crippen LogP contribution in [0.2, 0.25) is 0 Å². The molecule has 1 heterocycles. The molecule has 0 atom stereocenters. The van der Waals surface area contributed by atoms with Crippen molar-refractivity contribution >= 4 is 23.6 Å². The lowest BCUT2D eigenvalue weighted by molar-refractivity contribution is -0.142. The first-order valence-corrected chi connectivity index (χ1v) is 11.0. The highest BCUT2D eigenvalue weighted by molar-refractivity contribution is 6.00. The van der Waals surface area contributed by atoms with Gasteiger partial charge in [0.1, 0.15) is 23.1 Å². The van der Waals surface area contributed by atoms with E-state index in [2.05, 4.69) is 5.32 Å².